The number of nitrogens with zero attached hydrogens (tertiary/aromatic N) is 2. The van der Waals surface area contributed by atoms with E-state index in [1.807, 2.05) is 24.3 Å². The van der Waals surface area contributed by atoms with Crippen molar-refractivity contribution in [1.29, 1.82) is 0 Å². The highest BCUT2D eigenvalue weighted by molar-refractivity contribution is 9.10. The maximum Gasteiger partial charge on any atom is 0.191 e. The molecule has 0 atom stereocenters. The smallest absolute Gasteiger partial charge is 0.191 e. The summed E-state index contributed by atoms with van der Waals surface area (Å²) in [6.07, 6.45) is 1.75. The highest BCUT2D eigenvalue weighted by atomic mass is 79.9. The molecule has 2 aromatic rings. The van der Waals surface area contributed by atoms with Gasteiger partial charge in [0.15, 0.2) is 5.96 Å². The van der Waals surface area contributed by atoms with E-state index in [4.69, 9.17) is 0 Å². The molecule has 0 amide bonds. The van der Waals surface area contributed by atoms with Gasteiger partial charge in [-0.2, -0.15) is 0 Å². The lowest BCUT2D eigenvalue weighted by Crippen LogP contribution is -2.36. The topological polar surface area (TPSA) is 49.3 Å². The van der Waals surface area contributed by atoms with Crippen molar-refractivity contribution in [2.24, 2.45) is 4.99 Å². The van der Waals surface area contributed by atoms with E-state index in [9.17, 15) is 4.39 Å². The van der Waals surface area contributed by atoms with Gasteiger partial charge in [-0.15, -0.1) is 0 Å². The van der Waals surface area contributed by atoms with E-state index in [1.54, 1.807) is 13.2 Å². The molecule has 0 aliphatic heterocycles. The first-order chi connectivity index (χ1) is 10.2. The molecule has 21 heavy (non-hydrogen) atoms. The zero-order chi connectivity index (χ0) is 15.1. The van der Waals surface area contributed by atoms with Crippen molar-refractivity contribution in [3.8, 4) is 0 Å². The first-order valence-electron chi connectivity index (χ1n) is 6.47. The molecule has 1 aromatic carbocycles. The van der Waals surface area contributed by atoms with E-state index in [-0.39, 0.29) is 5.82 Å². The van der Waals surface area contributed by atoms with Gasteiger partial charge in [0.05, 0.1) is 12.2 Å². The van der Waals surface area contributed by atoms with Crippen LogP contribution in [0.3, 0.4) is 0 Å². The summed E-state index contributed by atoms with van der Waals surface area (Å²) >= 11 is 3.28. The first-order valence-corrected chi connectivity index (χ1v) is 7.26. The lowest BCUT2D eigenvalue weighted by atomic mass is 10.2. The summed E-state index contributed by atoms with van der Waals surface area (Å²) in [5.74, 6) is 0.374. The Balaban J connectivity index is 1.88. The molecule has 6 heteroatoms. The molecule has 0 saturated carbocycles. The average molecular weight is 351 g/mol. The van der Waals surface area contributed by atoms with Crippen LogP contribution in [0, 0.1) is 5.82 Å². The average Bonchev–Trinajstić information content (AvgIpc) is 2.47. The second-order valence-corrected chi connectivity index (χ2v) is 5.29. The Kier molecular flexibility index (Phi) is 5.68. The normalized spacial score (nSPS) is 11.3. The van der Waals surface area contributed by atoms with Gasteiger partial charge in [-0.3, -0.25) is 9.98 Å². The van der Waals surface area contributed by atoms with Gasteiger partial charge < -0.3 is 10.6 Å². The molecule has 1 heterocycles. The summed E-state index contributed by atoms with van der Waals surface area (Å²) in [5.41, 5.74) is 1.76. The molecule has 110 valence electrons. The van der Waals surface area contributed by atoms with Crippen molar-refractivity contribution in [2.45, 2.75) is 13.1 Å². The number of rotatable bonds is 4. The summed E-state index contributed by atoms with van der Waals surface area (Å²) < 4.78 is 14.0. The summed E-state index contributed by atoms with van der Waals surface area (Å²) in [6.45, 7) is 1.06. The number of benzene rings is 1. The van der Waals surface area contributed by atoms with Crippen LogP contribution >= 0.6 is 15.9 Å². The maximum absolute atomic E-state index is 13.3. The zero-order valence-electron chi connectivity index (χ0n) is 11.6. The number of hydrogen-bond acceptors (Lipinski definition) is 2. The van der Waals surface area contributed by atoms with Gasteiger partial charge in [0.2, 0.25) is 0 Å². The molecule has 4 nitrogen and oxygen atoms in total. The van der Waals surface area contributed by atoms with Gasteiger partial charge in [-0.05, 0) is 35.9 Å². The molecular formula is C15H16BrFN4. The van der Waals surface area contributed by atoms with Crippen molar-refractivity contribution in [1.82, 2.24) is 15.6 Å². The van der Waals surface area contributed by atoms with Gasteiger partial charge in [0.25, 0.3) is 0 Å². The first kappa shape index (κ1) is 15.4. The van der Waals surface area contributed by atoms with Crippen LogP contribution in [0.25, 0.3) is 0 Å². The molecule has 0 radical (unpaired) electrons. The van der Waals surface area contributed by atoms with Crippen LogP contribution in [-0.2, 0) is 13.1 Å². The predicted octanol–water partition coefficient (Wildman–Crippen LogP) is 2.85. The van der Waals surface area contributed by atoms with Crippen LogP contribution in [0.2, 0.25) is 0 Å². The summed E-state index contributed by atoms with van der Waals surface area (Å²) in [7, 11) is 1.69. The lowest BCUT2D eigenvalue weighted by Gasteiger charge is -2.12. The number of halogens is 2. The van der Waals surface area contributed by atoms with Crippen LogP contribution in [-0.4, -0.2) is 18.0 Å². The Labute approximate surface area is 131 Å². The van der Waals surface area contributed by atoms with Crippen molar-refractivity contribution in [3.05, 3.63) is 64.1 Å². The number of hydrogen-bond donors (Lipinski definition) is 2. The van der Waals surface area contributed by atoms with Gasteiger partial charge in [-0.1, -0.05) is 22.0 Å². The number of pyridine rings is 1. The molecule has 1 aromatic heterocycles. The second kappa shape index (κ2) is 7.73. The Morgan fingerprint density at radius 1 is 1.24 bits per heavy atom. The van der Waals surface area contributed by atoms with Gasteiger partial charge >= 0.3 is 0 Å². The van der Waals surface area contributed by atoms with E-state index in [0.29, 0.717) is 19.0 Å². The third kappa shape index (κ3) is 5.15. The van der Waals surface area contributed by atoms with E-state index in [2.05, 4.69) is 36.5 Å². The fraction of sp³-hybridized carbons (Fsp3) is 0.200. The standard InChI is InChI=1S/C15H16BrFN4/c1-18-15(21-10-14-4-2-3-5-19-14)20-9-11-6-12(16)8-13(17)7-11/h2-8H,9-10H2,1H3,(H2,18,20,21). The largest absolute Gasteiger partial charge is 0.352 e. The predicted molar refractivity (Wildman–Crippen MR) is 85.4 cm³/mol. The molecule has 0 saturated heterocycles. The third-order valence-corrected chi connectivity index (χ3v) is 3.23. The third-order valence-electron chi connectivity index (χ3n) is 2.77. The summed E-state index contributed by atoms with van der Waals surface area (Å²) in [5, 5.41) is 6.29. The molecule has 0 aliphatic carbocycles. The minimum absolute atomic E-state index is 0.266. The second-order valence-electron chi connectivity index (χ2n) is 4.38. The van der Waals surface area contributed by atoms with Crippen LogP contribution in [0.1, 0.15) is 11.3 Å². The van der Waals surface area contributed by atoms with Gasteiger partial charge in [-0.25, -0.2) is 4.39 Å². The minimum Gasteiger partial charge on any atom is -0.352 e. The van der Waals surface area contributed by atoms with E-state index >= 15 is 0 Å². The van der Waals surface area contributed by atoms with Crippen molar-refractivity contribution in [3.63, 3.8) is 0 Å². The van der Waals surface area contributed by atoms with Gasteiger partial charge in [0.1, 0.15) is 5.82 Å². The number of aromatic nitrogens is 1. The number of nitrogens with one attached hydrogen (secondary N) is 2. The van der Waals surface area contributed by atoms with Crippen LogP contribution in [0.5, 0.6) is 0 Å². The Morgan fingerprint density at radius 3 is 2.71 bits per heavy atom. The Hall–Kier alpha value is -1.95. The van der Waals surface area contributed by atoms with Crippen molar-refractivity contribution < 1.29 is 4.39 Å². The van der Waals surface area contributed by atoms with E-state index < -0.39 is 0 Å². The quantitative estimate of drug-likeness (QED) is 0.658. The van der Waals surface area contributed by atoms with Crippen LogP contribution in [0.15, 0.2) is 52.1 Å². The highest BCUT2D eigenvalue weighted by Crippen LogP contribution is 2.14. The van der Waals surface area contributed by atoms with E-state index in [0.717, 1.165) is 15.7 Å². The monoisotopic (exact) mass is 350 g/mol. The Morgan fingerprint density at radius 2 is 2.05 bits per heavy atom. The summed E-state index contributed by atoms with van der Waals surface area (Å²) in [4.78, 5) is 8.35. The minimum atomic E-state index is -0.266. The number of guanidine groups is 1. The summed E-state index contributed by atoms with van der Waals surface area (Å²) in [6, 6.07) is 10.5. The van der Waals surface area contributed by atoms with Crippen LogP contribution in [0.4, 0.5) is 4.39 Å². The molecule has 2 N–H and O–H groups in total. The fourth-order valence-electron chi connectivity index (χ4n) is 1.80. The Bertz CT molecular complexity index is 596. The fourth-order valence-corrected chi connectivity index (χ4v) is 2.31. The van der Waals surface area contributed by atoms with Crippen molar-refractivity contribution in [2.75, 3.05) is 7.05 Å². The SMILES string of the molecule is CN=C(NCc1cc(F)cc(Br)c1)NCc1ccccn1. The van der Waals surface area contributed by atoms with Gasteiger partial charge in [0, 0.05) is 24.3 Å². The van der Waals surface area contributed by atoms with Crippen LogP contribution < -0.4 is 10.6 Å². The lowest BCUT2D eigenvalue weighted by molar-refractivity contribution is 0.623. The molecule has 2 rings (SSSR count). The maximum atomic E-state index is 13.3. The molecule has 0 fully saturated rings. The molecule has 0 spiro atoms. The molecule has 0 unspecified atom stereocenters. The highest BCUT2D eigenvalue weighted by Gasteiger charge is 2.02. The molecular weight excluding hydrogens is 335 g/mol. The molecule has 0 bridgehead atoms. The number of aliphatic imine (C=N–C) groups is 1. The van der Waals surface area contributed by atoms with Crippen molar-refractivity contribution >= 4 is 21.9 Å². The molecule has 0 aliphatic rings. The zero-order valence-corrected chi connectivity index (χ0v) is 13.2. The van der Waals surface area contributed by atoms with E-state index in [1.165, 1.54) is 12.1 Å².